The van der Waals surface area contributed by atoms with Gasteiger partial charge < -0.3 is 16.0 Å². The highest BCUT2D eigenvalue weighted by molar-refractivity contribution is 7.85. The summed E-state index contributed by atoms with van der Waals surface area (Å²) in [5.74, 6) is -0.482. The maximum Gasteiger partial charge on any atom is 0.294 e. The summed E-state index contributed by atoms with van der Waals surface area (Å²) in [6.07, 6.45) is 1.25. The molecule has 140 valence electrons. The Hall–Kier alpha value is -2.45. The van der Waals surface area contributed by atoms with E-state index < -0.39 is 16.0 Å². The third-order valence-electron chi connectivity index (χ3n) is 3.82. The van der Waals surface area contributed by atoms with Crippen LogP contribution in [0.3, 0.4) is 0 Å². The number of nitrogens with zero attached hydrogens (tertiary/aromatic N) is 2. The molecule has 10 heteroatoms. The molecule has 0 bridgehead atoms. The van der Waals surface area contributed by atoms with E-state index in [9.17, 15) is 13.2 Å². The van der Waals surface area contributed by atoms with E-state index in [0.29, 0.717) is 12.2 Å². The van der Waals surface area contributed by atoms with Crippen LogP contribution in [0.25, 0.3) is 0 Å². The zero-order valence-electron chi connectivity index (χ0n) is 14.1. The first kappa shape index (κ1) is 19.9. The van der Waals surface area contributed by atoms with Gasteiger partial charge in [0.2, 0.25) is 0 Å². The molecule has 1 heterocycles. The molecule has 26 heavy (non-hydrogen) atoms. The summed E-state index contributed by atoms with van der Waals surface area (Å²) in [6.45, 7) is 4.88. The summed E-state index contributed by atoms with van der Waals surface area (Å²) in [4.78, 5) is 14.0. The molecule has 0 unspecified atom stereocenters. The molecule has 0 saturated carbocycles. The van der Waals surface area contributed by atoms with Gasteiger partial charge in [0, 0.05) is 51.2 Å². The first-order chi connectivity index (χ1) is 12.4. The van der Waals surface area contributed by atoms with Crippen LogP contribution in [0, 0.1) is 11.3 Å². The van der Waals surface area contributed by atoms with Gasteiger partial charge in [-0.25, -0.2) is 0 Å². The van der Waals surface area contributed by atoms with E-state index in [1.807, 2.05) is 6.07 Å². The number of hydrogen-bond acceptors (Lipinski definition) is 7. The van der Waals surface area contributed by atoms with Crippen molar-refractivity contribution in [2.24, 2.45) is 0 Å². The van der Waals surface area contributed by atoms with Gasteiger partial charge in [-0.15, -0.1) is 0 Å². The quantitative estimate of drug-likeness (QED) is 0.290. The molecule has 1 fully saturated rings. The lowest BCUT2D eigenvalue weighted by molar-refractivity contribution is -0.117. The van der Waals surface area contributed by atoms with Gasteiger partial charge in [0.25, 0.3) is 16.0 Å². The van der Waals surface area contributed by atoms with Crippen LogP contribution in [-0.4, -0.2) is 63.0 Å². The number of benzene rings is 1. The molecule has 1 aliphatic heterocycles. The van der Waals surface area contributed by atoms with Gasteiger partial charge in [-0.1, -0.05) is 0 Å². The van der Waals surface area contributed by atoms with Crippen molar-refractivity contribution in [1.29, 1.82) is 5.26 Å². The van der Waals surface area contributed by atoms with Crippen LogP contribution in [0.2, 0.25) is 0 Å². The van der Waals surface area contributed by atoms with E-state index in [1.165, 1.54) is 30.5 Å². The van der Waals surface area contributed by atoms with E-state index in [4.69, 9.17) is 9.81 Å². The highest BCUT2D eigenvalue weighted by Gasteiger charge is 2.12. The molecule has 0 aliphatic carbocycles. The Balaban J connectivity index is 1.86. The van der Waals surface area contributed by atoms with Crippen LogP contribution in [0.15, 0.2) is 40.9 Å². The molecule has 0 spiro atoms. The minimum absolute atomic E-state index is 0.0934. The van der Waals surface area contributed by atoms with E-state index in [0.717, 1.165) is 32.7 Å². The Bertz CT molecular complexity index is 793. The summed E-state index contributed by atoms with van der Waals surface area (Å²) in [6, 6.07) is 7.08. The second-order valence-electron chi connectivity index (χ2n) is 5.66. The number of amides is 1. The van der Waals surface area contributed by atoms with E-state index in [2.05, 4.69) is 20.9 Å². The number of rotatable bonds is 7. The number of nitriles is 1. The van der Waals surface area contributed by atoms with Crippen LogP contribution >= 0.6 is 0 Å². The fraction of sp³-hybridized carbons (Fsp3) is 0.375. The number of nitrogens with one attached hydrogen (secondary N) is 3. The summed E-state index contributed by atoms with van der Waals surface area (Å²) >= 11 is 0. The van der Waals surface area contributed by atoms with Gasteiger partial charge in [0.05, 0.1) is 4.90 Å². The normalized spacial score (nSPS) is 15.9. The molecule has 1 saturated heterocycles. The second kappa shape index (κ2) is 9.30. The lowest BCUT2D eigenvalue weighted by Gasteiger charge is -2.27. The molecule has 2 rings (SSSR count). The van der Waals surface area contributed by atoms with Crippen molar-refractivity contribution < 1.29 is 17.8 Å². The topological polar surface area (TPSA) is 135 Å². The smallest absolute Gasteiger partial charge is 0.294 e. The Morgan fingerprint density at radius 2 is 1.96 bits per heavy atom. The lowest BCUT2D eigenvalue weighted by Crippen LogP contribution is -2.46. The molecule has 0 atom stereocenters. The van der Waals surface area contributed by atoms with Crippen molar-refractivity contribution in [1.82, 2.24) is 15.5 Å². The number of carbonyl (C=O) groups is 1. The van der Waals surface area contributed by atoms with Crippen molar-refractivity contribution in [3.05, 3.63) is 36.0 Å². The average Bonchev–Trinajstić information content (AvgIpc) is 2.63. The van der Waals surface area contributed by atoms with Crippen LogP contribution < -0.4 is 16.0 Å². The third kappa shape index (κ3) is 6.12. The zero-order chi connectivity index (χ0) is 19.0. The fourth-order valence-corrected chi connectivity index (χ4v) is 2.86. The second-order valence-corrected chi connectivity index (χ2v) is 7.08. The van der Waals surface area contributed by atoms with Crippen molar-refractivity contribution in [3.63, 3.8) is 0 Å². The zero-order valence-corrected chi connectivity index (χ0v) is 14.9. The predicted octanol–water partition coefficient (Wildman–Crippen LogP) is -0.226. The van der Waals surface area contributed by atoms with Crippen molar-refractivity contribution in [2.45, 2.75) is 4.90 Å². The molecular formula is C16H21N5O4S. The average molecular weight is 379 g/mol. The highest BCUT2D eigenvalue weighted by Crippen LogP contribution is 2.14. The summed E-state index contributed by atoms with van der Waals surface area (Å²) in [5, 5.41) is 17.8. The lowest BCUT2D eigenvalue weighted by atomic mass is 10.2. The number of carbonyl (C=O) groups excluding carboxylic acids is 1. The van der Waals surface area contributed by atoms with E-state index >= 15 is 0 Å². The van der Waals surface area contributed by atoms with Gasteiger partial charge in [-0.05, 0) is 24.3 Å². The van der Waals surface area contributed by atoms with Gasteiger partial charge in [-0.2, -0.15) is 13.7 Å². The molecule has 1 aliphatic rings. The Morgan fingerprint density at radius 3 is 2.54 bits per heavy atom. The van der Waals surface area contributed by atoms with E-state index in [-0.39, 0.29) is 10.5 Å². The molecule has 0 radical (unpaired) electrons. The summed E-state index contributed by atoms with van der Waals surface area (Å²) < 4.78 is 30.9. The van der Waals surface area contributed by atoms with Crippen molar-refractivity contribution in [2.75, 3.05) is 44.6 Å². The van der Waals surface area contributed by atoms with Crippen LogP contribution in [0.1, 0.15) is 0 Å². The molecule has 1 amide bonds. The molecule has 1 aromatic carbocycles. The van der Waals surface area contributed by atoms with Gasteiger partial charge in [-0.3, -0.25) is 14.2 Å². The largest absolute Gasteiger partial charge is 0.360 e. The van der Waals surface area contributed by atoms with Crippen molar-refractivity contribution >= 4 is 21.7 Å². The standard InChI is InChI=1S/C16H21N5O4S/c17-11-13(16(22)19-7-10-21-8-5-18-6-9-21)12-20-14-1-3-15(4-2-14)26(23,24)25/h1-4,12,18,20H,5-10H2,(H,19,22)(H,23,24,25)/b13-12-. The summed E-state index contributed by atoms with van der Waals surface area (Å²) in [7, 11) is -4.26. The van der Waals surface area contributed by atoms with Crippen LogP contribution in [-0.2, 0) is 14.9 Å². The van der Waals surface area contributed by atoms with Crippen molar-refractivity contribution in [3.8, 4) is 6.07 Å². The molecule has 1 aromatic rings. The van der Waals surface area contributed by atoms with Crippen LogP contribution in [0.4, 0.5) is 5.69 Å². The number of hydrogen-bond donors (Lipinski definition) is 4. The maximum atomic E-state index is 12.0. The van der Waals surface area contributed by atoms with Gasteiger partial charge >= 0.3 is 0 Å². The molecule has 9 nitrogen and oxygen atoms in total. The highest BCUT2D eigenvalue weighted by atomic mass is 32.2. The Kier molecular flexibility index (Phi) is 7.11. The minimum atomic E-state index is -4.26. The molecule has 0 aromatic heterocycles. The number of anilines is 1. The minimum Gasteiger partial charge on any atom is -0.360 e. The summed E-state index contributed by atoms with van der Waals surface area (Å²) in [5.41, 5.74) is 0.378. The van der Waals surface area contributed by atoms with Crippen LogP contribution in [0.5, 0.6) is 0 Å². The molecule has 4 N–H and O–H groups in total. The monoisotopic (exact) mass is 379 g/mol. The Labute approximate surface area is 152 Å². The SMILES string of the molecule is N#C/C(=C/Nc1ccc(S(=O)(=O)O)cc1)C(=O)NCCN1CCNCC1. The predicted molar refractivity (Wildman–Crippen MR) is 95.9 cm³/mol. The molecular weight excluding hydrogens is 358 g/mol. The van der Waals surface area contributed by atoms with Gasteiger partial charge in [0.15, 0.2) is 0 Å². The third-order valence-corrected chi connectivity index (χ3v) is 4.69. The Morgan fingerprint density at radius 1 is 1.31 bits per heavy atom. The first-order valence-electron chi connectivity index (χ1n) is 8.06. The maximum absolute atomic E-state index is 12.0. The number of piperazine rings is 1. The first-order valence-corrected chi connectivity index (χ1v) is 9.50. The fourth-order valence-electron chi connectivity index (χ4n) is 2.38. The van der Waals surface area contributed by atoms with Gasteiger partial charge in [0.1, 0.15) is 11.6 Å². The van der Waals surface area contributed by atoms with E-state index in [1.54, 1.807) is 0 Å².